The van der Waals surface area contributed by atoms with E-state index in [4.69, 9.17) is 0 Å². The van der Waals surface area contributed by atoms with Crippen LogP contribution in [0.15, 0.2) is 30.3 Å². The van der Waals surface area contributed by atoms with Crippen LogP contribution in [0.4, 0.5) is 0 Å². The van der Waals surface area contributed by atoms with Crippen molar-refractivity contribution in [2.24, 2.45) is 5.92 Å². The Hall–Kier alpha value is -1.35. The number of hydrogen-bond donors (Lipinski definition) is 0. The Morgan fingerprint density at radius 3 is 2.48 bits per heavy atom. The summed E-state index contributed by atoms with van der Waals surface area (Å²) in [5.41, 5.74) is 1.45. The van der Waals surface area contributed by atoms with Crippen LogP contribution in [-0.2, 0) is 11.2 Å². The van der Waals surface area contributed by atoms with Crippen LogP contribution >= 0.6 is 0 Å². The Morgan fingerprint density at radius 2 is 1.78 bits per heavy atom. The highest BCUT2D eigenvalue weighted by Crippen LogP contribution is 2.22. The molecule has 0 spiro atoms. The summed E-state index contributed by atoms with van der Waals surface area (Å²) in [6.07, 6.45) is 7.25. The highest BCUT2D eigenvalue weighted by molar-refractivity contribution is 5.78. The number of amides is 1. The molecule has 1 unspecified atom stereocenters. The molecule has 1 atom stereocenters. The molecule has 3 nitrogen and oxygen atoms in total. The first-order chi connectivity index (χ1) is 11.2. The van der Waals surface area contributed by atoms with Gasteiger partial charge in [-0.1, -0.05) is 30.3 Å². The molecule has 0 bridgehead atoms. The Labute approximate surface area is 140 Å². The molecule has 23 heavy (non-hydrogen) atoms. The smallest absolute Gasteiger partial charge is 0.236 e. The fraction of sp³-hybridized carbons (Fsp3) is 0.650. The van der Waals surface area contributed by atoms with Crippen LogP contribution in [0.3, 0.4) is 0 Å². The minimum absolute atomic E-state index is 0.346. The highest BCUT2D eigenvalue weighted by Gasteiger charge is 2.26. The summed E-state index contributed by atoms with van der Waals surface area (Å²) in [5.74, 6) is 1.12. The van der Waals surface area contributed by atoms with Gasteiger partial charge in [0.05, 0.1) is 6.54 Å². The molecule has 0 N–H and O–H groups in total. The van der Waals surface area contributed by atoms with Crippen LogP contribution in [0.25, 0.3) is 0 Å². The van der Waals surface area contributed by atoms with Crippen LogP contribution in [0, 0.1) is 5.92 Å². The third-order valence-corrected chi connectivity index (χ3v) is 5.56. The molecule has 1 aromatic carbocycles. The maximum absolute atomic E-state index is 12.5. The van der Waals surface area contributed by atoms with Gasteiger partial charge in [-0.2, -0.15) is 0 Å². The monoisotopic (exact) mass is 314 g/mol. The molecule has 2 aliphatic heterocycles. The number of piperidine rings is 2. The van der Waals surface area contributed by atoms with Gasteiger partial charge in [-0.25, -0.2) is 0 Å². The third-order valence-electron chi connectivity index (χ3n) is 5.56. The minimum Gasteiger partial charge on any atom is -0.339 e. The van der Waals surface area contributed by atoms with Crippen LogP contribution < -0.4 is 0 Å². The second kappa shape index (κ2) is 7.96. The Balaban J connectivity index is 1.43. The fourth-order valence-corrected chi connectivity index (χ4v) is 4.05. The van der Waals surface area contributed by atoms with Crippen LogP contribution in [0.1, 0.15) is 44.6 Å². The predicted octanol–water partition coefficient (Wildman–Crippen LogP) is 3.34. The van der Waals surface area contributed by atoms with E-state index in [9.17, 15) is 4.79 Å². The van der Waals surface area contributed by atoms with Crippen molar-refractivity contribution in [2.45, 2.75) is 51.5 Å². The van der Waals surface area contributed by atoms with E-state index in [1.54, 1.807) is 0 Å². The van der Waals surface area contributed by atoms with Crippen molar-refractivity contribution in [3.63, 3.8) is 0 Å². The van der Waals surface area contributed by atoms with E-state index in [0.29, 0.717) is 18.5 Å². The molecule has 1 aromatic rings. The molecular weight excluding hydrogens is 284 g/mol. The van der Waals surface area contributed by atoms with Gasteiger partial charge < -0.3 is 4.90 Å². The van der Waals surface area contributed by atoms with Gasteiger partial charge >= 0.3 is 0 Å². The number of hydrogen-bond acceptors (Lipinski definition) is 2. The van der Waals surface area contributed by atoms with Crippen molar-refractivity contribution >= 4 is 5.91 Å². The summed E-state index contributed by atoms with van der Waals surface area (Å²) in [4.78, 5) is 17.0. The van der Waals surface area contributed by atoms with E-state index in [-0.39, 0.29) is 0 Å². The van der Waals surface area contributed by atoms with Gasteiger partial charge in [0.2, 0.25) is 5.91 Å². The molecule has 3 heteroatoms. The molecule has 0 aromatic heterocycles. The zero-order chi connectivity index (χ0) is 16.1. The van der Waals surface area contributed by atoms with Crippen molar-refractivity contribution < 1.29 is 4.79 Å². The zero-order valence-corrected chi connectivity index (χ0v) is 14.4. The van der Waals surface area contributed by atoms with E-state index < -0.39 is 0 Å². The molecule has 0 radical (unpaired) electrons. The first kappa shape index (κ1) is 16.5. The molecule has 0 aliphatic carbocycles. The second-order valence-electron chi connectivity index (χ2n) is 7.34. The van der Waals surface area contributed by atoms with Crippen molar-refractivity contribution in [3.8, 4) is 0 Å². The summed E-state index contributed by atoms with van der Waals surface area (Å²) in [6.45, 7) is 5.94. The second-order valence-corrected chi connectivity index (χ2v) is 7.34. The fourth-order valence-electron chi connectivity index (χ4n) is 4.05. The van der Waals surface area contributed by atoms with Crippen LogP contribution in [0.5, 0.6) is 0 Å². The molecule has 2 fully saturated rings. The molecule has 0 saturated carbocycles. The first-order valence-corrected chi connectivity index (χ1v) is 9.28. The van der Waals surface area contributed by atoms with E-state index >= 15 is 0 Å². The number of likely N-dealkylation sites (tertiary alicyclic amines) is 2. The van der Waals surface area contributed by atoms with Crippen LogP contribution in [0.2, 0.25) is 0 Å². The van der Waals surface area contributed by atoms with Gasteiger partial charge in [0, 0.05) is 12.6 Å². The first-order valence-electron chi connectivity index (χ1n) is 9.28. The summed E-state index contributed by atoms with van der Waals surface area (Å²) in [7, 11) is 0. The zero-order valence-electron chi connectivity index (χ0n) is 14.4. The van der Waals surface area contributed by atoms with E-state index in [0.717, 1.165) is 25.6 Å². The summed E-state index contributed by atoms with van der Waals surface area (Å²) in [6, 6.07) is 11.2. The average molecular weight is 314 g/mol. The third kappa shape index (κ3) is 4.57. The van der Waals surface area contributed by atoms with Crippen molar-refractivity contribution in [1.82, 2.24) is 9.80 Å². The van der Waals surface area contributed by atoms with Crippen LogP contribution in [-0.4, -0.2) is 47.9 Å². The number of benzene rings is 1. The number of carbonyl (C=O) groups is 1. The van der Waals surface area contributed by atoms with Gasteiger partial charge in [0.1, 0.15) is 0 Å². The number of carbonyl (C=O) groups excluding carboxylic acids is 1. The molecular formula is C20H30N2O. The molecule has 1 amide bonds. The summed E-state index contributed by atoms with van der Waals surface area (Å²) < 4.78 is 0. The number of nitrogens with zero attached hydrogens (tertiary/aromatic N) is 2. The van der Waals surface area contributed by atoms with Gasteiger partial charge in [-0.05, 0) is 70.0 Å². The normalized spacial score (nSPS) is 23.9. The lowest BCUT2D eigenvalue weighted by molar-refractivity contribution is -0.136. The molecule has 2 heterocycles. The molecule has 126 valence electrons. The van der Waals surface area contributed by atoms with Gasteiger partial charge in [0.25, 0.3) is 0 Å². The lowest BCUT2D eigenvalue weighted by Gasteiger charge is -2.37. The summed E-state index contributed by atoms with van der Waals surface area (Å²) in [5, 5.41) is 0. The lowest BCUT2D eigenvalue weighted by atomic mass is 9.90. The van der Waals surface area contributed by atoms with Gasteiger partial charge in [-0.15, -0.1) is 0 Å². The largest absolute Gasteiger partial charge is 0.339 e. The minimum atomic E-state index is 0.346. The summed E-state index contributed by atoms with van der Waals surface area (Å²) >= 11 is 0. The van der Waals surface area contributed by atoms with Crippen molar-refractivity contribution in [1.29, 1.82) is 0 Å². The van der Waals surface area contributed by atoms with E-state index in [1.807, 2.05) is 0 Å². The maximum Gasteiger partial charge on any atom is 0.236 e. The quantitative estimate of drug-likeness (QED) is 0.851. The van der Waals surface area contributed by atoms with Gasteiger partial charge in [0.15, 0.2) is 0 Å². The maximum atomic E-state index is 12.5. The molecule has 2 saturated heterocycles. The van der Waals surface area contributed by atoms with Gasteiger partial charge in [-0.3, -0.25) is 9.69 Å². The lowest BCUT2D eigenvalue weighted by Crippen LogP contribution is -2.48. The molecule has 3 rings (SSSR count). The topological polar surface area (TPSA) is 23.6 Å². The molecule has 2 aliphatic rings. The van der Waals surface area contributed by atoms with E-state index in [1.165, 1.54) is 44.1 Å². The Kier molecular flexibility index (Phi) is 5.71. The predicted molar refractivity (Wildman–Crippen MR) is 94.3 cm³/mol. The Morgan fingerprint density at radius 1 is 1.04 bits per heavy atom. The average Bonchev–Trinajstić information content (AvgIpc) is 2.58. The highest BCUT2D eigenvalue weighted by atomic mass is 16.2. The van der Waals surface area contributed by atoms with Crippen molar-refractivity contribution in [3.05, 3.63) is 35.9 Å². The SMILES string of the molecule is CC1CCCCN1C(=O)CN1CCC(Cc2ccccc2)CC1. The van der Waals surface area contributed by atoms with Crippen molar-refractivity contribution in [2.75, 3.05) is 26.2 Å². The standard InChI is InChI=1S/C20H30N2O/c1-17-7-5-6-12-22(17)20(23)16-21-13-10-19(11-14-21)15-18-8-3-2-4-9-18/h2-4,8-9,17,19H,5-7,10-16H2,1H3. The van der Waals surface area contributed by atoms with E-state index in [2.05, 4.69) is 47.1 Å². The Bertz CT molecular complexity index is 494. The number of rotatable bonds is 4.